The number of hydrogen-bond donors (Lipinski definition) is 4. The van der Waals surface area contributed by atoms with E-state index in [1.807, 2.05) is 39.0 Å². The topological polar surface area (TPSA) is 274 Å². The molecule has 0 bridgehead atoms. The van der Waals surface area contributed by atoms with Crippen molar-refractivity contribution in [2.24, 2.45) is 0 Å². The van der Waals surface area contributed by atoms with Gasteiger partial charge in [0.2, 0.25) is 0 Å². The van der Waals surface area contributed by atoms with E-state index >= 15 is 0 Å². The number of phenols is 1. The summed E-state index contributed by atoms with van der Waals surface area (Å²) in [5.41, 5.74) is 11.2. The molecule has 0 aliphatic rings. The predicted molar refractivity (Wildman–Crippen MR) is 246 cm³/mol. The van der Waals surface area contributed by atoms with Gasteiger partial charge in [-0.3, -0.25) is 19.2 Å². The first kappa shape index (κ1) is 73.1. The molecule has 0 aromatic heterocycles. The number of carboxylic acids is 3. The van der Waals surface area contributed by atoms with Gasteiger partial charge in [-0.2, -0.15) is 0 Å². The van der Waals surface area contributed by atoms with Crippen LogP contribution in [0.4, 0.5) is 0 Å². The minimum Gasteiger partial charge on any atom is -0.870 e. The molecule has 0 spiro atoms. The van der Waals surface area contributed by atoms with Gasteiger partial charge in [0.25, 0.3) is 0 Å². The minimum atomic E-state index is -1.72. The average Bonchev–Trinajstić information content (AvgIpc) is 3.10. The summed E-state index contributed by atoms with van der Waals surface area (Å²) in [7, 11) is 14.8. The normalized spacial score (nSPS) is 8.75. The Bertz CT molecular complexity index is 1740. The zero-order valence-electron chi connectivity index (χ0n) is 35.7. The van der Waals surface area contributed by atoms with E-state index in [0.717, 1.165) is 41.5 Å². The number of hydrogen-bond acceptors (Lipinski definition) is 6. The number of Topliss-reactive ketones (excluding diaryl/α,β-unsaturated/α-hetero) is 1. The Morgan fingerprint density at radius 3 is 1.20 bits per heavy atom. The molecule has 11 N–H and O–H groups in total. The molecule has 0 saturated heterocycles. The molecule has 0 fully saturated rings. The summed E-state index contributed by atoms with van der Waals surface area (Å²) in [6.07, 6.45) is 3.37. The molecule has 4 aromatic carbocycles. The van der Waals surface area contributed by atoms with E-state index < -0.39 is 29.3 Å². The smallest absolute Gasteiger partial charge is 0.870 e. The standard InChI is InChI=1S/C12H14O3.C12H16O2.C11H14O3.C8H10.CH4.Al.3ClH.K.4H2O/c1-8-3-4-10(7-9(8)2)11(13)5-6-12(14)15;1-9-6-7-11(8-10(9)2)4-3-5-12(13)14;1-8-7-9(5-6-10(8)12)3-2-4-11(13)14;1-7-5-3-4-6-8(7)2;;;;;;;;;;/h3-4,7H,5-6H2,1-2H3,(H,14,15);6-8H,3-5H2,1-2H3,(H,13,14);5-7,12H,2-4H2,1H3,(H,13,14);3-6H,1-2H3;1H4;;3*1H;;4*1H2/q;;;;;+3;;;;+1;;;;/p-4. The van der Waals surface area contributed by atoms with Crippen molar-refractivity contribution in [1.82, 2.24) is 0 Å². The van der Waals surface area contributed by atoms with Gasteiger partial charge in [-0.05, 0) is 136 Å². The van der Waals surface area contributed by atoms with Crippen LogP contribution in [0.1, 0.15) is 106 Å². The first-order valence-electron chi connectivity index (χ1n) is 17.8. The molecule has 4 rings (SSSR count). The second kappa shape index (κ2) is 41.6. The quantitative estimate of drug-likeness (QED) is 0.0935. The second-order valence-corrected chi connectivity index (χ2v) is 19.4. The van der Waals surface area contributed by atoms with E-state index in [2.05, 4.69) is 70.2 Å². The number of aromatic hydroxyl groups is 1. The number of rotatable bonds is 12. The molecule has 0 saturated carbocycles. The van der Waals surface area contributed by atoms with Crippen LogP contribution >= 0.6 is 30.1 Å². The molecule has 61 heavy (non-hydrogen) atoms. The summed E-state index contributed by atoms with van der Waals surface area (Å²) in [6, 6.07) is 25.4. The van der Waals surface area contributed by atoms with Crippen molar-refractivity contribution < 1.29 is 113 Å². The Kier molecular flexibility index (Phi) is 49.9. The molecule has 0 atom stereocenters. The zero-order valence-corrected chi connectivity index (χ0v) is 42.3. The molecule has 12 nitrogen and oxygen atoms in total. The summed E-state index contributed by atoms with van der Waals surface area (Å²) < 4.78 is 0. The van der Waals surface area contributed by atoms with Gasteiger partial charge in [0.1, 0.15) is 5.75 Å². The monoisotopic (exact) mass is 956 g/mol. The van der Waals surface area contributed by atoms with E-state index in [4.69, 9.17) is 45.5 Å². The van der Waals surface area contributed by atoms with Crippen molar-refractivity contribution in [2.45, 2.75) is 107 Å². The van der Waals surface area contributed by atoms with Gasteiger partial charge in [-0.1, -0.05) is 74.2 Å². The average molecular weight is 958 g/mol. The van der Waals surface area contributed by atoms with Gasteiger partial charge in [0.15, 0.2) is 5.78 Å². The molecule has 0 amide bonds. The fraction of sp³-hybridized carbons (Fsp3) is 0.364. The van der Waals surface area contributed by atoms with Crippen LogP contribution in [0.3, 0.4) is 0 Å². The van der Waals surface area contributed by atoms with Crippen LogP contribution in [-0.2, 0) is 27.2 Å². The van der Waals surface area contributed by atoms with E-state index in [-0.39, 0.29) is 118 Å². The van der Waals surface area contributed by atoms with Gasteiger partial charge >= 0.3 is 80.7 Å². The predicted octanol–water partition coefficient (Wildman–Crippen LogP) is 6.15. The number of aryl methyl sites for hydroxylation is 9. The number of carboxylic acid groups (broad SMARTS) is 3. The largest absolute Gasteiger partial charge is 1.00 e. The van der Waals surface area contributed by atoms with Gasteiger partial charge in [0, 0.05) is 24.8 Å². The molecular weight excluding hydrogens is 893 g/mol. The third kappa shape index (κ3) is 37.9. The number of carbonyl (C=O) groups is 4. The fourth-order valence-corrected chi connectivity index (χ4v) is 4.66. The van der Waals surface area contributed by atoms with Crippen molar-refractivity contribution in [1.29, 1.82) is 0 Å². The van der Waals surface area contributed by atoms with Gasteiger partial charge < -0.3 is 42.3 Å². The first-order chi connectivity index (χ1) is 25.7. The Morgan fingerprint density at radius 2 is 0.852 bits per heavy atom. The van der Waals surface area contributed by atoms with Crippen LogP contribution in [0.2, 0.25) is 0 Å². The molecule has 0 aliphatic heterocycles. The number of carbonyl (C=O) groups excluding carboxylic acids is 1. The van der Waals surface area contributed by atoms with E-state index in [1.54, 1.807) is 18.2 Å². The minimum absolute atomic E-state index is 0. The zero-order chi connectivity index (χ0) is 42.1. The summed E-state index contributed by atoms with van der Waals surface area (Å²) in [6.45, 7) is 14.1. The third-order valence-electron chi connectivity index (χ3n) is 8.37. The fourth-order valence-electron chi connectivity index (χ4n) is 4.66. The van der Waals surface area contributed by atoms with E-state index in [9.17, 15) is 24.3 Å². The van der Waals surface area contributed by atoms with Crippen molar-refractivity contribution in [2.75, 3.05) is 0 Å². The Balaban J connectivity index is -0.000000122. The maximum atomic E-state index is 11.5. The van der Waals surface area contributed by atoms with Gasteiger partial charge in [-0.25, -0.2) is 30.1 Å². The second-order valence-electron chi connectivity index (χ2n) is 13.0. The number of halogens is 3. The van der Waals surface area contributed by atoms with Crippen LogP contribution in [0.25, 0.3) is 0 Å². The van der Waals surface area contributed by atoms with E-state index in [0.29, 0.717) is 12.0 Å². The van der Waals surface area contributed by atoms with Gasteiger partial charge in [-0.15, -0.1) is 0 Å². The number of aliphatic carboxylic acids is 3. The molecule has 0 radical (unpaired) electrons. The van der Waals surface area contributed by atoms with Crippen LogP contribution < -0.4 is 51.4 Å². The van der Waals surface area contributed by atoms with Crippen molar-refractivity contribution in [3.8, 4) is 5.75 Å². The SMILES string of the molecule is C.Cc1cc(CCCC(=O)O)ccc1O.Cc1ccc(C(=O)CCC(=O)O)cc1C.Cc1ccc(CCCC(=O)O)cc1C.Cc1ccccc1C.O.O.O.[Cl][Al]([Cl])[Cl].[K+].[OH-]. The molecule has 0 heterocycles. The Morgan fingerprint density at radius 1 is 0.508 bits per heavy atom. The molecule has 0 aliphatic carbocycles. The molecule has 338 valence electrons. The first-order valence-corrected chi connectivity index (χ1v) is 23.0. The summed E-state index contributed by atoms with van der Waals surface area (Å²) in [5, 5.41) is 34.7. The van der Waals surface area contributed by atoms with Crippen LogP contribution in [0.5, 0.6) is 5.75 Å². The van der Waals surface area contributed by atoms with Gasteiger partial charge in [0.05, 0.1) is 6.42 Å². The van der Waals surface area contributed by atoms with Crippen LogP contribution in [0, 0.1) is 48.5 Å². The summed E-state index contributed by atoms with van der Waals surface area (Å²) >= 11 is -1.72. The molecule has 4 aromatic rings. The maximum Gasteiger partial charge on any atom is 1.00 e. The third-order valence-corrected chi connectivity index (χ3v) is 8.37. The van der Waals surface area contributed by atoms with Crippen LogP contribution in [0.15, 0.2) is 78.9 Å². The Hall–Kier alpha value is -2.36. The van der Waals surface area contributed by atoms with Crippen LogP contribution in [-0.4, -0.2) is 77.4 Å². The number of phenolic OH excluding ortho intramolecular Hbond substituents is 1. The summed E-state index contributed by atoms with van der Waals surface area (Å²) in [4.78, 5) is 42.4. The molecular formula is C44H65AlCl3KO12. The van der Waals surface area contributed by atoms with Crippen molar-refractivity contribution >= 4 is 65.2 Å². The number of ketones is 1. The van der Waals surface area contributed by atoms with Crippen molar-refractivity contribution in [3.63, 3.8) is 0 Å². The molecule has 0 unspecified atom stereocenters. The number of benzene rings is 4. The van der Waals surface area contributed by atoms with Crippen molar-refractivity contribution in [3.05, 3.63) is 134 Å². The Labute approximate surface area is 421 Å². The summed E-state index contributed by atoms with van der Waals surface area (Å²) in [5.74, 6) is -2.24. The maximum absolute atomic E-state index is 11.5. The molecule has 17 heteroatoms. The van der Waals surface area contributed by atoms with E-state index in [1.165, 1.54) is 27.8 Å².